The predicted octanol–water partition coefficient (Wildman–Crippen LogP) is 2.95. The lowest BCUT2D eigenvalue weighted by molar-refractivity contribution is -0.142. The summed E-state index contributed by atoms with van der Waals surface area (Å²) >= 11 is 5.76. The number of anilines is 1. The van der Waals surface area contributed by atoms with Gasteiger partial charge in [0.25, 0.3) is 0 Å². The fourth-order valence-corrected chi connectivity index (χ4v) is 2.21. The van der Waals surface area contributed by atoms with Crippen molar-refractivity contribution in [2.24, 2.45) is 0 Å². The Bertz CT molecular complexity index is 804. The van der Waals surface area contributed by atoms with Gasteiger partial charge < -0.3 is 15.7 Å². The quantitative estimate of drug-likeness (QED) is 0.651. The maximum atomic E-state index is 12.0. The molecule has 0 radical (unpaired) electrons. The molecule has 2 rings (SSSR count). The summed E-state index contributed by atoms with van der Waals surface area (Å²) in [4.78, 5) is 35.2. The van der Waals surface area contributed by atoms with E-state index in [4.69, 9.17) is 11.6 Å². The first-order valence-corrected chi connectivity index (χ1v) is 8.13. The average Bonchev–Trinajstić information content (AvgIpc) is 2.62. The molecule has 0 saturated carbocycles. The Kier molecular flexibility index (Phi) is 6.93. The van der Waals surface area contributed by atoms with E-state index >= 15 is 0 Å². The monoisotopic (exact) mass is 372 g/mol. The van der Waals surface area contributed by atoms with Gasteiger partial charge in [0.1, 0.15) is 6.04 Å². The van der Waals surface area contributed by atoms with Crippen LogP contribution in [0, 0.1) is 0 Å². The van der Waals surface area contributed by atoms with Gasteiger partial charge in [-0.2, -0.15) is 0 Å². The maximum Gasteiger partial charge on any atom is 0.326 e. The van der Waals surface area contributed by atoms with Crippen LogP contribution in [0.5, 0.6) is 0 Å². The summed E-state index contributed by atoms with van der Waals surface area (Å²) in [7, 11) is 0. The molecule has 0 aliphatic carbocycles. The highest BCUT2D eigenvalue weighted by Gasteiger charge is 2.22. The smallest absolute Gasteiger partial charge is 0.326 e. The number of carbonyl (C=O) groups excluding carboxylic acids is 2. The van der Waals surface area contributed by atoms with Crippen molar-refractivity contribution in [3.8, 4) is 0 Å². The first-order valence-electron chi connectivity index (χ1n) is 7.76. The van der Waals surface area contributed by atoms with Crippen molar-refractivity contribution >= 4 is 41.1 Å². The summed E-state index contributed by atoms with van der Waals surface area (Å²) in [6.07, 6.45) is 2.38. The van der Waals surface area contributed by atoms with Crippen molar-refractivity contribution in [2.45, 2.75) is 12.5 Å². The Morgan fingerprint density at radius 2 is 1.69 bits per heavy atom. The molecule has 0 aliphatic heterocycles. The summed E-state index contributed by atoms with van der Waals surface area (Å²) in [5.74, 6) is -2.43. The molecular weight excluding hydrogens is 356 g/mol. The number of carbonyl (C=O) groups is 3. The van der Waals surface area contributed by atoms with E-state index < -0.39 is 30.2 Å². The summed E-state index contributed by atoms with van der Waals surface area (Å²) in [5.41, 5.74) is 1.29. The molecule has 6 nitrogen and oxygen atoms in total. The topological polar surface area (TPSA) is 95.5 Å². The van der Waals surface area contributed by atoms with Crippen LogP contribution in [0.15, 0.2) is 60.7 Å². The molecule has 0 unspecified atom stereocenters. The normalized spacial score (nSPS) is 11.7. The SMILES string of the molecule is O=C(/C=C/c1ccccc1)N[C@H](CC(=O)Nc1ccc(Cl)cc1)C(=O)O. The van der Waals surface area contributed by atoms with Crippen LogP contribution in [0.25, 0.3) is 6.08 Å². The molecule has 2 amide bonds. The van der Waals surface area contributed by atoms with Crippen LogP contribution in [0.1, 0.15) is 12.0 Å². The predicted molar refractivity (Wildman–Crippen MR) is 99.7 cm³/mol. The van der Waals surface area contributed by atoms with Crippen molar-refractivity contribution in [1.82, 2.24) is 5.32 Å². The molecule has 2 aromatic rings. The number of hydrogen-bond donors (Lipinski definition) is 3. The summed E-state index contributed by atoms with van der Waals surface area (Å²) in [6, 6.07) is 14.1. The number of benzene rings is 2. The van der Waals surface area contributed by atoms with E-state index in [9.17, 15) is 19.5 Å². The number of hydrogen-bond acceptors (Lipinski definition) is 3. The number of carboxylic acids is 1. The number of amides is 2. The molecule has 0 heterocycles. The summed E-state index contributed by atoms with van der Waals surface area (Å²) in [6.45, 7) is 0. The fourth-order valence-electron chi connectivity index (χ4n) is 2.09. The second kappa shape index (κ2) is 9.39. The van der Waals surface area contributed by atoms with Gasteiger partial charge in [-0.15, -0.1) is 0 Å². The molecule has 0 fully saturated rings. The van der Waals surface area contributed by atoms with Crippen LogP contribution in [0.2, 0.25) is 5.02 Å². The van der Waals surface area contributed by atoms with Crippen molar-refractivity contribution in [1.29, 1.82) is 0 Å². The van der Waals surface area contributed by atoms with E-state index in [0.29, 0.717) is 10.7 Å². The zero-order chi connectivity index (χ0) is 18.9. The van der Waals surface area contributed by atoms with Crippen molar-refractivity contribution < 1.29 is 19.5 Å². The Hall–Kier alpha value is -3.12. The molecule has 134 valence electrons. The lowest BCUT2D eigenvalue weighted by atomic mass is 10.1. The summed E-state index contributed by atoms with van der Waals surface area (Å²) < 4.78 is 0. The lowest BCUT2D eigenvalue weighted by Gasteiger charge is -2.13. The summed E-state index contributed by atoms with van der Waals surface area (Å²) in [5, 5.41) is 14.6. The molecule has 0 bridgehead atoms. The maximum absolute atomic E-state index is 12.0. The van der Waals surface area contributed by atoms with Crippen molar-refractivity contribution in [3.63, 3.8) is 0 Å². The molecule has 1 atom stereocenters. The first-order chi connectivity index (χ1) is 12.4. The highest BCUT2D eigenvalue weighted by Crippen LogP contribution is 2.13. The van der Waals surface area contributed by atoms with Gasteiger partial charge in [-0.1, -0.05) is 41.9 Å². The minimum Gasteiger partial charge on any atom is -0.480 e. The Labute approximate surface area is 155 Å². The zero-order valence-electron chi connectivity index (χ0n) is 13.7. The number of rotatable bonds is 7. The average molecular weight is 373 g/mol. The standard InChI is InChI=1S/C19H17ClN2O4/c20-14-7-9-15(10-8-14)21-18(24)12-16(19(25)26)22-17(23)11-6-13-4-2-1-3-5-13/h1-11,16H,12H2,(H,21,24)(H,22,23)(H,25,26)/b11-6+/t16-/m1/s1. The first kappa shape index (κ1) is 19.2. The van der Waals surface area contributed by atoms with E-state index in [-0.39, 0.29) is 0 Å². The molecule has 0 aromatic heterocycles. The Balaban J connectivity index is 1.92. The van der Waals surface area contributed by atoms with Gasteiger partial charge in [0, 0.05) is 16.8 Å². The van der Waals surface area contributed by atoms with E-state index in [1.54, 1.807) is 42.5 Å². The van der Waals surface area contributed by atoms with Crippen molar-refractivity contribution in [2.75, 3.05) is 5.32 Å². The van der Waals surface area contributed by atoms with Gasteiger partial charge in [0.15, 0.2) is 0 Å². The Morgan fingerprint density at radius 1 is 1.04 bits per heavy atom. The number of aliphatic carboxylic acids is 1. The lowest BCUT2D eigenvalue weighted by Crippen LogP contribution is -2.42. The number of carboxylic acid groups (broad SMARTS) is 1. The van der Waals surface area contributed by atoms with Crippen LogP contribution in [0.4, 0.5) is 5.69 Å². The molecule has 26 heavy (non-hydrogen) atoms. The van der Waals surface area contributed by atoms with Crippen molar-refractivity contribution in [3.05, 3.63) is 71.3 Å². The van der Waals surface area contributed by atoms with Crippen LogP contribution in [0.3, 0.4) is 0 Å². The molecule has 0 aliphatic rings. The van der Waals surface area contributed by atoms with E-state index in [2.05, 4.69) is 10.6 Å². The minimum absolute atomic E-state index is 0.400. The van der Waals surface area contributed by atoms with E-state index in [1.807, 2.05) is 18.2 Å². The highest BCUT2D eigenvalue weighted by atomic mass is 35.5. The largest absolute Gasteiger partial charge is 0.480 e. The van der Waals surface area contributed by atoms with Gasteiger partial charge in [-0.05, 0) is 35.9 Å². The van der Waals surface area contributed by atoms with Crippen LogP contribution < -0.4 is 10.6 Å². The Morgan fingerprint density at radius 3 is 2.31 bits per heavy atom. The van der Waals surface area contributed by atoms with Crippen LogP contribution in [-0.2, 0) is 14.4 Å². The third-order valence-corrected chi connectivity index (χ3v) is 3.61. The second-order valence-corrected chi connectivity index (χ2v) is 5.84. The minimum atomic E-state index is -1.34. The van der Waals surface area contributed by atoms with E-state index in [1.165, 1.54) is 6.08 Å². The van der Waals surface area contributed by atoms with Gasteiger partial charge in [0.05, 0.1) is 6.42 Å². The van der Waals surface area contributed by atoms with Gasteiger partial charge in [0.2, 0.25) is 11.8 Å². The number of halogens is 1. The van der Waals surface area contributed by atoms with Crippen LogP contribution >= 0.6 is 11.6 Å². The molecular formula is C19H17ClN2O4. The second-order valence-electron chi connectivity index (χ2n) is 5.40. The molecule has 3 N–H and O–H groups in total. The van der Waals surface area contributed by atoms with Gasteiger partial charge in [-0.25, -0.2) is 4.79 Å². The molecule has 2 aromatic carbocycles. The molecule has 7 heteroatoms. The zero-order valence-corrected chi connectivity index (χ0v) is 14.4. The molecule has 0 spiro atoms. The fraction of sp³-hybridized carbons (Fsp3) is 0.105. The number of nitrogens with one attached hydrogen (secondary N) is 2. The van der Waals surface area contributed by atoms with E-state index in [0.717, 1.165) is 5.56 Å². The third kappa shape index (κ3) is 6.41. The highest BCUT2D eigenvalue weighted by molar-refractivity contribution is 6.30. The molecule has 0 saturated heterocycles. The van der Waals surface area contributed by atoms with Crippen LogP contribution in [-0.4, -0.2) is 28.9 Å². The van der Waals surface area contributed by atoms with Gasteiger partial charge in [-0.3, -0.25) is 9.59 Å². The third-order valence-electron chi connectivity index (χ3n) is 3.36. The van der Waals surface area contributed by atoms with Gasteiger partial charge >= 0.3 is 5.97 Å².